The summed E-state index contributed by atoms with van der Waals surface area (Å²) in [7, 11) is 2.44. The first-order valence-electron chi connectivity index (χ1n) is 10.1. The number of nitrogens with zero attached hydrogens (tertiary/aromatic N) is 3. The van der Waals surface area contributed by atoms with E-state index in [4.69, 9.17) is 9.47 Å². The summed E-state index contributed by atoms with van der Waals surface area (Å²) in [5, 5.41) is 0.546. The predicted octanol–water partition coefficient (Wildman–Crippen LogP) is 4.09. The second-order valence-corrected chi connectivity index (χ2v) is 8.24. The van der Waals surface area contributed by atoms with Gasteiger partial charge in [-0.1, -0.05) is 30.3 Å². The molecular weight excluding hydrogens is 502 g/mol. The number of ether oxygens (including phenoxy) is 2. The van der Waals surface area contributed by atoms with Gasteiger partial charge in [0.2, 0.25) is 0 Å². The van der Waals surface area contributed by atoms with Crippen molar-refractivity contribution in [2.75, 3.05) is 19.1 Å². The lowest BCUT2D eigenvalue weighted by Gasteiger charge is -2.28. The number of methoxy groups -OCH3 is 2. The van der Waals surface area contributed by atoms with E-state index in [-0.39, 0.29) is 17.1 Å². The van der Waals surface area contributed by atoms with Gasteiger partial charge in [-0.2, -0.15) is 0 Å². The Morgan fingerprint density at radius 2 is 1.74 bits per heavy atom. The molecular formula is C25H16BrN3O5. The Morgan fingerprint density at radius 1 is 1.00 bits per heavy atom. The minimum atomic E-state index is -0.770. The van der Waals surface area contributed by atoms with Gasteiger partial charge in [0, 0.05) is 27.2 Å². The molecule has 1 aromatic heterocycles. The molecule has 2 heterocycles. The normalized spacial score (nSPS) is 14.2. The van der Waals surface area contributed by atoms with Crippen LogP contribution in [0.5, 0.6) is 0 Å². The summed E-state index contributed by atoms with van der Waals surface area (Å²) in [5.41, 5.74) is 2.90. The van der Waals surface area contributed by atoms with E-state index < -0.39 is 11.9 Å². The molecule has 8 nitrogen and oxygen atoms in total. The molecule has 9 heteroatoms. The van der Waals surface area contributed by atoms with Gasteiger partial charge >= 0.3 is 11.9 Å². The Balaban J connectivity index is 1.89. The molecule has 0 saturated heterocycles. The predicted molar refractivity (Wildman–Crippen MR) is 128 cm³/mol. The van der Waals surface area contributed by atoms with Gasteiger partial charge in [-0.25, -0.2) is 19.6 Å². The number of halogens is 1. The highest BCUT2D eigenvalue weighted by Gasteiger charge is 2.35. The summed E-state index contributed by atoms with van der Waals surface area (Å²) in [5.74, 6) is -1.74. The van der Waals surface area contributed by atoms with Crippen LogP contribution >= 0.6 is 15.9 Å². The fourth-order valence-corrected chi connectivity index (χ4v) is 4.71. The number of anilines is 1. The monoisotopic (exact) mass is 517 g/mol. The lowest BCUT2D eigenvalue weighted by atomic mass is 9.85. The van der Waals surface area contributed by atoms with Gasteiger partial charge < -0.3 is 14.4 Å². The minimum Gasteiger partial charge on any atom is -0.465 e. The first-order valence-corrected chi connectivity index (χ1v) is 10.9. The van der Waals surface area contributed by atoms with Gasteiger partial charge in [0.05, 0.1) is 42.3 Å². The van der Waals surface area contributed by atoms with Crippen LogP contribution in [0.1, 0.15) is 15.9 Å². The third-order valence-electron chi connectivity index (χ3n) is 5.65. The zero-order chi connectivity index (χ0) is 24.0. The number of ketones is 1. The van der Waals surface area contributed by atoms with Crippen molar-refractivity contribution in [3.63, 3.8) is 0 Å². The highest BCUT2D eigenvalue weighted by molar-refractivity contribution is 9.10. The lowest BCUT2D eigenvalue weighted by Crippen LogP contribution is -2.29. The molecule has 0 spiro atoms. The Labute approximate surface area is 202 Å². The molecule has 0 saturated carbocycles. The number of carbonyl (C=O) groups excluding carboxylic acids is 3. The van der Waals surface area contributed by atoms with Crippen molar-refractivity contribution in [1.29, 1.82) is 0 Å². The Kier molecular flexibility index (Phi) is 5.33. The molecule has 0 radical (unpaired) electrons. The molecule has 0 bridgehead atoms. The van der Waals surface area contributed by atoms with E-state index >= 15 is 0 Å². The average molecular weight is 518 g/mol. The summed E-state index contributed by atoms with van der Waals surface area (Å²) in [6, 6.07) is 8.88. The van der Waals surface area contributed by atoms with E-state index in [1.54, 1.807) is 36.6 Å². The van der Waals surface area contributed by atoms with Crippen LogP contribution < -0.4 is 4.90 Å². The first kappa shape index (κ1) is 21.7. The van der Waals surface area contributed by atoms with Crippen LogP contribution in [0, 0.1) is 0 Å². The zero-order valence-corrected chi connectivity index (χ0v) is 19.6. The minimum absolute atomic E-state index is 0.0176. The highest BCUT2D eigenvalue weighted by atomic mass is 79.9. The van der Waals surface area contributed by atoms with Crippen molar-refractivity contribution >= 4 is 50.2 Å². The number of hydrogen-bond acceptors (Lipinski definition) is 8. The van der Waals surface area contributed by atoms with Crippen molar-refractivity contribution in [2.45, 2.75) is 0 Å². The van der Waals surface area contributed by atoms with Gasteiger partial charge in [0.25, 0.3) is 0 Å². The number of benzene rings is 2. The first-order chi connectivity index (χ1) is 16.5. The molecule has 0 unspecified atom stereocenters. The Bertz CT molecular complexity index is 1510. The molecule has 1 aliphatic carbocycles. The van der Waals surface area contributed by atoms with Crippen molar-refractivity contribution in [3.8, 4) is 11.3 Å². The zero-order valence-electron chi connectivity index (χ0n) is 18.0. The van der Waals surface area contributed by atoms with Crippen molar-refractivity contribution in [2.24, 2.45) is 0 Å². The standard InChI is InChI=1S/C25H16BrN3O5/c1-33-24(31)15-9-5-6-10-29(22(15)25(32)34-2)17-11-16(26)21-19-18(17)23(30)14-8-4-3-7-13(14)20(19)27-12-28-21/h3-12H,1-2H3. The second-order valence-electron chi connectivity index (χ2n) is 7.39. The molecule has 168 valence electrons. The smallest absolute Gasteiger partial charge is 0.355 e. The number of rotatable bonds is 3. The molecule has 0 N–H and O–H groups in total. The van der Waals surface area contributed by atoms with Gasteiger partial charge in [-0.3, -0.25) is 4.79 Å². The van der Waals surface area contributed by atoms with Gasteiger partial charge in [0.15, 0.2) is 5.78 Å². The summed E-state index contributed by atoms with van der Waals surface area (Å²) in [6.07, 6.45) is 7.74. The highest BCUT2D eigenvalue weighted by Crippen LogP contribution is 2.45. The fraction of sp³-hybridized carbons (Fsp3) is 0.0800. The topological polar surface area (TPSA) is 98.7 Å². The number of allylic oxidation sites excluding steroid dienone is 2. The molecule has 1 aliphatic heterocycles. The summed E-state index contributed by atoms with van der Waals surface area (Å²) >= 11 is 3.56. The van der Waals surface area contributed by atoms with Gasteiger partial charge in [-0.05, 0) is 34.1 Å². The number of hydrogen-bond donors (Lipinski definition) is 0. The van der Waals surface area contributed by atoms with Crippen LogP contribution in [0.25, 0.3) is 22.2 Å². The van der Waals surface area contributed by atoms with Crippen molar-refractivity contribution in [1.82, 2.24) is 9.97 Å². The third kappa shape index (κ3) is 3.16. The maximum atomic E-state index is 13.8. The molecule has 0 amide bonds. The molecule has 2 aromatic carbocycles. The number of esters is 2. The van der Waals surface area contributed by atoms with Crippen LogP contribution in [0.3, 0.4) is 0 Å². The van der Waals surface area contributed by atoms with Crippen molar-refractivity contribution in [3.05, 3.63) is 88.0 Å². The molecule has 34 heavy (non-hydrogen) atoms. The largest absolute Gasteiger partial charge is 0.465 e. The second kappa shape index (κ2) is 8.35. The molecule has 5 rings (SSSR count). The summed E-state index contributed by atoms with van der Waals surface area (Å²) < 4.78 is 10.5. The maximum Gasteiger partial charge on any atom is 0.355 e. The quantitative estimate of drug-likeness (QED) is 0.374. The lowest BCUT2D eigenvalue weighted by molar-refractivity contribution is -0.139. The fourth-order valence-electron chi connectivity index (χ4n) is 4.19. The molecule has 3 aromatic rings. The van der Waals surface area contributed by atoms with E-state index in [1.165, 1.54) is 31.5 Å². The Morgan fingerprint density at radius 3 is 2.47 bits per heavy atom. The van der Waals surface area contributed by atoms with Crippen LogP contribution in [0.2, 0.25) is 0 Å². The average Bonchev–Trinajstić information content (AvgIpc) is 3.10. The van der Waals surface area contributed by atoms with E-state index in [9.17, 15) is 14.4 Å². The number of aromatic nitrogens is 2. The number of carbonyl (C=O) groups is 3. The van der Waals surface area contributed by atoms with E-state index in [1.807, 2.05) is 12.1 Å². The maximum absolute atomic E-state index is 13.8. The molecule has 0 atom stereocenters. The SMILES string of the molecule is COC(=O)C1=C(C(=O)OC)N(c2cc(Br)c3ncnc4c3c2C(=O)c2ccccc2-4)C=CC=C1. The van der Waals surface area contributed by atoms with Crippen LogP contribution in [0.4, 0.5) is 5.69 Å². The van der Waals surface area contributed by atoms with E-state index in [0.29, 0.717) is 43.4 Å². The van der Waals surface area contributed by atoms with Crippen molar-refractivity contribution < 1.29 is 23.9 Å². The van der Waals surface area contributed by atoms with Gasteiger partial charge in [-0.15, -0.1) is 0 Å². The molecule has 0 fully saturated rings. The summed E-state index contributed by atoms with van der Waals surface area (Å²) in [4.78, 5) is 49.6. The number of fused-ring (bicyclic) bond motifs is 2. The van der Waals surface area contributed by atoms with Gasteiger partial charge in [0.1, 0.15) is 12.0 Å². The summed E-state index contributed by atoms with van der Waals surface area (Å²) in [6.45, 7) is 0. The molecule has 2 aliphatic rings. The Hall–Kier alpha value is -4.11. The van der Waals surface area contributed by atoms with E-state index in [0.717, 1.165) is 0 Å². The van der Waals surface area contributed by atoms with E-state index in [2.05, 4.69) is 25.9 Å². The third-order valence-corrected chi connectivity index (χ3v) is 6.25. The van der Waals surface area contributed by atoms with Crippen LogP contribution in [0.15, 0.2) is 76.8 Å². The van der Waals surface area contributed by atoms with Crippen LogP contribution in [-0.2, 0) is 19.1 Å². The van der Waals surface area contributed by atoms with Crippen LogP contribution in [-0.4, -0.2) is 41.9 Å².